The van der Waals surface area contributed by atoms with Crippen molar-refractivity contribution in [2.24, 2.45) is 11.7 Å². The van der Waals surface area contributed by atoms with Crippen molar-refractivity contribution in [3.63, 3.8) is 0 Å². The molecule has 7 amide bonds. The highest BCUT2D eigenvalue weighted by Gasteiger charge is 2.27. The number of ketones is 2. The summed E-state index contributed by atoms with van der Waals surface area (Å²) >= 11 is 0. The van der Waals surface area contributed by atoms with Crippen LogP contribution < -0.4 is 27.0 Å². The zero-order valence-corrected chi connectivity index (χ0v) is 31.9. The molecule has 0 radical (unpaired) electrons. The molecule has 6 N–H and O–H groups in total. The summed E-state index contributed by atoms with van der Waals surface area (Å²) in [4.78, 5) is 116. The molecule has 300 valence electrons. The first-order valence-electron chi connectivity index (χ1n) is 17.7. The first-order chi connectivity index (χ1) is 25.6. The molecule has 18 nitrogen and oxygen atoms in total. The van der Waals surface area contributed by atoms with Gasteiger partial charge in [-0.1, -0.05) is 51.1 Å². The number of amides is 7. The maximum absolute atomic E-state index is 13.8. The van der Waals surface area contributed by atoms with E-state index in [4.69, 9.17) is 10.5 Å². The molecule has 0 aliphatic heterocycles. The van der Waals surface area contributed by atoms with Crippen LogP contribution in [-0.2, 0) is 47.9 Å². The molecule has 0 bridgehead atoms. The average Bonchev–Trinajstić information content (AvgIpc) is 3.14. The summed E-state index contributed by atoms with van der Waals surface area (Å²) in [6, 6.07) is 9.30. The van der Waals surface area contributed by atoms with Crippen molar-refractivity contribution in [1.82, 2.24) is 36.0 Å². The Morgan fingerprint density at radius 2 is 1.15 bits per heavy atom. The van der Waals surface area contributed by atoms with Gasteiger partial charge < -0.3 is 51.2 Å². The van der Waals surface area contributed by atoms with E-state index in [2.05, 4.69) is 21.3 Å². The van der Waals surface area contributed by atoms with Gasteiger partial charge in [0.05, 0.1) is 59.0 Å². The van der Waals surface area contributed by atoms with E-state index < -0.39 is 74.1 Å². The minimum absolute atomic E-state index is 0.00213. The van der Waals surface area contributed by atoms with Gasteiger partial charge in [-0.15, -0.1) is 0 Å². The third-order valence-corrected chi connectivity index (χ3v) is 7.81. The van der Waals surface area contributed by atoms with Crippen LogP contribution in [0.3, 0.4) is 0 Å². The van der Waals surface area contributed by atoms with E-state index in [-0.39, 0.29) is 82.1 Å². The van der Waals surface area contributed by atoms with Gasteiger partial charge in [0.15, 0.2) is 5.78 Å². The Morgan fingerprint density at radius 3 is 1.67 bits per heavy atom. The lowest BCUT2D eigenvalue weighted by atomic mass is 10.0. The molecule has 0 saturated carbocycles. The Kier molecular flexibility index (Phi) is 22.3. The van der Waals surface area contributed by atoms with Gasteiger partial charge in [0.1, 0.15) is 5.78 Å². The van der Waals surface area contributed by atoms with Gasteiger partial charge in [-0.05, 0) is 24.3 Å². The lowest BCUT2D eigenvalue weighted by molar-refractivity contribution is -0.145. The monoisotopic (exact) mass is 760 g/mol. The van der Waals surface area contributed by atoms with Crippen LogP contribution in [0.5, 0.6) is 0 Å². The van der Waals surface area contributed by atoms with Crippen molar-refractivity contribution < 1.29 is 47.9 Å². The quantitative estimate of drug-likeness (QED) is 0.0687. The number of carbonyl (C=O) groups is 9. The third kappa shape index (κ3) is 20.1. The Bertz CT molecular complexity index is 1440. The molecule has 54 heavy (non-hydrogen) atoms. The Hall–Kier alpha value is -5.23. The molecule has 0 aliphatic carbocycles. The van der Waals surface area contributed by atoms with Gasteiger partial charge in [-0.25, -0.2) is 0 Å². The van der Waals surface area contributed by atoms with E-state index >= 15 is 0 Å². The molecular weight excluding hydrogens is 704 g/mol. The van der Waals surface area contributed by atoms with Crippen molar-refractivity contribution in [1.29, 1.82) is 0 Å². The normalized spacial score (nSPS) is 11.2. The first-order valence-corrected chi connectivity index (χ1v) is 17.7. The Labute approximate surface area is 316 Å². The van der Waals surface area contributed by atoms with Gasteiger partial charge in [0.2, 0.25) is 41.4 Å². The first kappa shape index (κ1) is 46.8. The number of methoxy groups -OCH3 is 1. The van der Waals surface area contributed by atoms with Crippen LogP contribution in [0, 0.1) is 5.92 Å². The molecule has 0 aromatic heterocycles. The molecule has 1 rings (SSSR count). The number of ether oxygens (including phenoxy) is 1. The SMILES string of the molecule is COCCN(CC(=O)N(CC(=O)NCC(=O)NCC(=O)NCC(=O)NCC(=O)CCC(C)=O)CC(C)c1ccccc1)C(=O)CN(CC(C)C)C(=O)CN. The second kappa shape index (κ2) is 25.7. The fraction of sp³-hybridized carbons (Fsp3) is 0.583. The number of benzene rings is 1. The van der Waals surface area contributed by atoms with Crippen LogP contribution in [0.15, 0.2) is 30.3 Å². The smallest absolute Gasteiger partial charge is 0.242 e. The zero-order valence-electron chi connectivity index (χ0n) is 31.9. The molecule has 1 atom stereocenters. The van der Waals surface area contributed by atoms with Crippen LogP contribution in [0.1, 0.15) is 52.0 Å². The zero-order chi connectivity index (χ0) is 40.6. The number of hydrogen-bond donors (Lipinski definition) is 5. The molecule has 1 unspecified atom stereocenters. The average molecular weight is 761 g/mol. The summed E-state index contributed by atoms with van der Waals surface area (Å²) < 4.78 is 5.15. The Balaban J connectivity index is 2.84. The van der Waals surface area contributed by atoms with Crippen LogP contribution in [-0.4, -0.2) is 153 Å². The molecule has 1 aromatic carbocycles. The molecule has 0 spiro atoms. The molecule has 18 heteroatoms. The van der Waals surface area contributed by atoms with E-state index in [0.717, 1.165) is 5.56 Å². The highest BCUT2D eigenvalue weighted by Crippen LogP contribution is 2.16. The molecular formula is C36H56N8O10. The van der Waals surface area contributed by atoms with E-state index in [9.17, 15) is 43.2 Å². The van der Waals surface area contributed by atoms with Gasteiger partial charge in [0, 0.05) is 39.6 Å². The van der Waals surface area contributed by atoms with E-state index in [1.54, 1.807) is 0 Å². The maximum atomic E-state index is 13.8. The van der Waals surface area contributed by atoms with Crippen molar-refractivity contribution in [3.05, 3.63) is 35.9 Å². The predicted octanol–water partition coefficient (Wildman–Crippen LogP) is -2.06. The number of Topliss-reactive ketones (excluding diaryl/α,β-unsaturated/α-hetero) is 2. The number of carbonyl (C=O) groups excluding carboxylic acids is 9. The number of rotatable bonds is 26. The van der Waals surface area contributed by atoms with Gasteiger partial charge in [-0.2, -0.15) is 0 Å². The van der Waals surface area contributed by atoms with E-state index in [1.165, 1.54) is 28.7 Å². The minimum atomic E-state index is -0.719. The van der Waals surface area contributed by atoms with Crippen molar-refractivity contribution >= 4 is 52.9 Å². The second-order valence-electron chi connectivity index (χ2n) is 13.1. The lowest BCUT2D eigenvalue weighted by Gasteiger charge is -2.31. The fourth-order valence-corrected chi connectivity index (χ4v) is 4.87. The van der Waals surface area contributed by atoms with Crippen LogP contribution in [0.4, 0.5) is 0 Å². The topological polar surface area (TPSA) is 247 Å². The molecule has 1 aromatic rings. The van der Waals surface area contributed by atoms with E-state index in [0.29, 0.717) is 0 Å². The van der Waals surface area contributed by atoms with Crippen LogP contribution >= 0.6 is 0 Å². The van der Waals surface area contributed by atoms with Crippen LogP contribution in [0.2, 0.25) is 0 Å². The summed E-state index contributed by atoms with van der Waals surface area (Å²) in [7, 11) is 1.44. The summed E-state index contributed by atoms with van der Waals surface area (Å²) in [5, 5.41) is 9.35. The standard InChI is InChI=1S/C36H56N8O10/c1-25(2)20-43(34(51)15-37)24-35(52)42(13-14-54-5)23-36(53)44(21-26(3)28-9-7-6-8-10-28)22-33(50)41-19-32(49)40-18-31(48)39-17-30(47)38-16-29(46)12-11-27(4)45/h6-10,25-26H,11-24,37H2,1-5H3,(H,38,47)(H,39,48)(H,40,49)(H,41,50). The van der Waals surface area contributed by atoms with Crippen molar-refractivity contribution in [2.75, 3.05) is 85.7 Å². The molecule has 0 aliphatic rings. The Morgan fingerprint density at radius 1 is 0.648 bits per heavy atom. The van der Waals surface area contributed by atoms with E-state index in [1.807, 2.05) is 51.1 Å². The molecule has 0 fully saturated rings. The predicted molar refractivity (Wildman–Crippen MR) is 197 cm³/mol. The molecule has 0 saturated heterocycles. The maximum Gasteiger partial charge on any atom is 0.242 e. The third-order valence-electron chi connectivity index (χ3n) is 7.81. The van der Waals surface area contributed by atoms with Gasteiger partial charge >= 0.3 is 0 Å². The van der Waals surface area contributed by atoms with Crippen molar-refractivity contribution in [3.8, 4) is 0 Å². The number of nitrogens with one attached hydrogen (secondary N) is 4. The number of nitrogens with zero attached hydrogens (tertiary/aromatic N) is 3. The fourth-order valence-electron chi connectivity index (χ4n) is 4.87. The van der Waals surface area contributed by atoms with Gasteiger partial charge in [-0.3, -0.25) is 38.4 Å². The number of nitrogens with two attached hydrogens (primary N) is 1. The van der Waals surface area contributed by atoms with Crippen molar-refractivity contribution in [2.45, 2.75) is 46.5 Å². The summed E-state index contributed by atoms with van der Waals surface area (Å²) in [6.45, 7) is 4.35. The summed E-state index contributed by atoms with van der Waals surface area (Å²) in [5.74, 6) is -4.84. The second-order valence-corrected chi connectivity index (χ2v) is 13.1. The summed E-state index contributed by atoms with van der Waals surface area (Å²) in [5.41, 5.74) is 6.46. The largest absolute Gasteiger partial charge is 0.383 e. The number of hydrogen-bond acceptors (Lipinski definition) is 11. The molecule has 0 heterocycles. The lowest BCUT2D eigenvalue weighted by Crippen LogP contribution is -2.51. The van der Waals surface area contributed by atoms with Gasteiger partial charge in [0.25, 0.3) is 0 Å². The highest BCUT2D eigenvalue weighted by molar-refractivity contribution is 5.93. The highest BCUT2D eigenvalue weighted by atomic mass is 16.5. The summed E-state index contributed by atoms with van der Waals surface area (Å²) in [6.07, 6.45) is 0.0719. The van der Waals surface area contributed by atoms with Crippen LogP contribution in [0.25, 0.3) is 0 Å². The minimum Gasteiger partial charge on any atom is -0.383 e.